The molecule has 0 aliphatic heterocycles. The fraction of sp³-hybridized carbons (Fsp3) is 0.667. The molecule has 38 heavy (non-hydrogen) atoms. The number of aromatic nitrogens is 1. The molecule has 0 spiro atoms. The number of esters is 1. The van der Waals surface area contributed by atoms with Gasteiger partial charge < -0.3 is 18.6 Å². The Kier molecular flexibility index (Phi) is 10.6. The zero-order valence-corrected chi connectivity index (χ0v) is 26.5. The quantitative estimate of drug-likeness (QED) is 0.206. The van der Waals surface area contributed by atoms with Gasteiger partial charge in [-0.25, -0.2) is 4.98 Å². The molecule has 6 nitrogen and oxygen atoms in total. The van der Waals surface area contributed by atoms with Gasteiger partial charge in [0.05, 0.1) is 48.6 Å². The van der Waals surface area contributed by atoms with Crippen LogP contribution < -0.4 is 4.74 Å². The van der Waals surface area contributed by atoms with Crippen molar-refractivity contribution in [3.63, 3.8) is 0 Å². The molecule has 1 aromatic heterocycles. The summed E-state index contributed by atoms with van der Waals surface area (Å²) in [6.07, 6.45) is 2.87. The minimum atomic E-state index is -2.15. The summed E-state index contributed by atoms with van der Waals surface area (Å²) in [5, 5.41) is 3.14. The maximum atomic E-state index is 13.0. The molecule has 3 rings (SSSR count). The van der Waals surface area contributed by atoms with Crippen molar-refractivity contribution in [2.75, 3.05) is 13.7 Å². The van der Waals surface area contributed by atoms with E-state index in [1.165, 1.54) is 0 Å². The second-order valence-corrected chi connectivity index (χ2v) is 17.4. The first kappa shape index (κ1) is 30.8. The molecule has 8 heteroatoms. The van der Waals surface area contributed by atoms with Crippen LogP contribution in [-0.4, -0.2) is 51.3 Å². The highest BCUT2D eigenvalue weighted by molar-refractivity contribution is 7.10. The van der Waals surface area contributed by atoms with E-state index in [4.69, 9.17) is 23.6 Å². The number of ether oxygens (including phenoxy) is 3. The maximum Gasteiger partial charge on any atom is 0.309 e. The van der Waals surface area contributed by atoms with Crippen LogP contribution >= 0.6 is 11.3 Å². The first-order valence-electron chi connectivity index (χ1n) is 14.0. The molecule has 2 aromatic rings. The van der Waals surface area contributed by atoms with Gasteiger partial charge in [0.2, 0.25) is 0 Å². The highest BCUT2D eigenvalue weighted by Gasteiger charge is 2.49. The molecule has 1 aliphatic carbocycles. The van der Waals surface area contributed by atoms with E-state index in [1.54, 1.807) is 18.4 Å². The Morgan fingerprint density at radius 3 is 2.32 bits per heavy atom. The van der Waals surface area contributed by atoms with Crippen LogP contribution in [0.2, 0.25) is 18.1 Å². The van der Waals surface area contributed by atoms with Gasteiger partial charge in [-0.2, -0.15) is 0 Å². The Morgan fingerprint density at radius 2 is 1.76 bits per heavy atom. The molecule has 1 saturated carbocycles. The topological polar surface area (TPSA) is 66.9 Å². The number of carbonyl (C=O) groups is 1. The van der Waals surface area contributed by atoms with Crippen LogP contribution in [0.25, 0.3) is 11.3 Å². The normalized spacial score (nSPS) is 22.5. The Balaban J connectivity index is 2.03. The van der Waals surface area contributed by atoms with Crippen molar-refractivity contribution in [2.45, 2.75) is 110 Å². The van der Waals surface area contributed by atoms with Gasteiger partial charge in [-0.3, -0.25) is 4.79 Å². The summed E-state index contributed by atoms with van der Waals surface area (Å²) in [5.41, 5.74) is 1.96. The van der Waals surface area contributed by atoms with Gasteiger partial charge in [-0.1, -0.05) is 34.6 Å². The molecule has 0 amide bonds. The van der Waals surface area contributed by atoms with Gasteiger partial charge in [-0.15, -0.1) is 11.3 Å². The number of thiazole rings is 1. The molecule has 1 fully saturated rings. The molecule has 0 radical (unpaired) electrons. The van der Waals surface area contributed by atoms with E-state index in [0.717, 1.165) is 34.9 Å². The highest BCUT2D eigenvalue weighted by Crippen LogP contribution is 2.46. The van der Waals surface area contributed by atoms with Crippen LogP contribution in [0.3, 0.4) is 0 Å². The predicted molar refractivity (Wildman–Crippen MR) is 158 cm³/mol. The van der Waals surface area contributed by atoms with Crippen molar-refractivity contribution < 1.29 is 23.4 Å². The first-order valence-corrected chi connectivity index (χ1v) is 17.8. The number of methoxy groups -OCH3 is 1. The van der Waals surface area contributed by atoms with Crippen molar-refractivity contribution in [3.05, 3.63) is 34.7 Å². The third-order valence-corrected chi connectivity index (χ3v) is 13.6. The fourth-order valence-corrected chi connectivity index (χ4v) is 7.12. The summed E-state index contributed by atoms with van der Waals surface area (Å²) in [7, 11) is -0.477. The van der Waals surface area contributed by atoms with E-state index in [-0.39, 0.29) is 41.2 Å². The van der Waals surface area contributed by atoms with E-state index in [0.29, 0.717) is 19.4 Å². The monoisotopic (exact) mass is 561 g/mol. The largest absolute Gasteiger partial charge is 0.497 e. The molecule has 0 saturated heterocycles. The summed E-state index contributed by atoms with van der Waals surface area (Å²) < 4.78 is 24.7. The molecule has 1 aromatic carbocycles. The molecular weight excluding hydrogens is 514 g/mol. The maximum absolute atomic E-state index is 13.0. The molecule has 1 aliphatic rings. The molecule has 0 N–H and O–H groups in total. The number of nitrogens with zero attached hydrogens (tertiary/aromatic N) is 1. The highest BCUT2D eigenvalue weighted by atomic mass is 32.1. The molecule has 4 atom stereocenters. The fourth-order valence-electron chi connectivity index (χ4n) is 4.79. The van der Waals surface area contributed by atoms with E-state index in [1.807, 2.05) is 31.2 Å². The molecule has 0 unspecified atom stereocenters. The number of carbonyl (C=O) groups excluding carboxylic acids is 1. The standard InChI is InChI=1S/C30H47NO5SSi/c1-10-22(11-2)35-26-18-21(29(32)34-12-3)17-24(27(26)36-38(8,9)30(4,5)6)28-31-25(19-37-28)20-13-15-23(33-7)16-14-20/h13-16,19,21-22,24,26-27H,10-12,17-18H2,1-9H3/t21-,24+,26-,27+/m1/s1. The van der Waals surface area contributed by atoms with Crippen molar-refractivity contribution in [1.29, 1.82) is 0 Å². The summed E-state index contributed by atoms with van der Waals surface area (Å²) in [5.74, 6) is 0.377. The van der Waals surface area contributed by atoms with Crippen LogP contribution in [0.1, 0.15) is 78.2 Å². The number of rotatable bonds is 11. The summed E-state index contributed by atoms with van der Waals surface area (Å²) in [6, 6.07) is 7.97. The van der Waals surface area contributed by atoms with Crippen LogP contribution in [0.5, 0.6) is 5.75 Å². The molecule has 212 valence electrons. The summed E-state index contributed by atoms with van der Waals surface area (Å²) in [4.78, 5) is 18.1. The first-order chi connectivity index (χ1) is 17.9. The molecule has 1 heterocycles. The van der Waals surface area contributed by atoms with E-state index >= 15 is 0 Å². The molecular formula is C30H47NO5SSi. The number of hydrogen-bond donors (Lipinski definition) is 0. The smallest absolute Gasteiger partial charge is 0.309 e. The van der Waals surface area contributed by atoms with Crippen molar-refractivity contribution >= 4 is 25.6 Å². The zero-order chi connectivity index (χ0) is 28.1. The average Bonchev–Trinajstić information content (AvgIpc) is 3.37. The van der Waals surface area contributed by atoms with E-state index in [9.17, 15) is 4.79 Å². The minimum absolute atomic E-state index is 0.0478. The van der Waals surface area contributed by atoms with Gasteiger partial charge in [0.15, 0.2) is 8.32 Å². The molecule has 0 bridgehead atoms. The van der Waals surface area contributed by atoms with Crippen LogP contribution in [0.15, 0.2) is 29.6 Å². The van der Waals surface area contributed by atoms with Crippen LogP contribution in [0.4, 0.5) is 0 Å². The van der Waals surface area contributed by atoms with Crippen LogP contribution in [0, 0.1) is 5.92 Å². The van der Waals surface area contributed by atoms with Crippen molar-refractivity contribution in [3.8, 4) is 17.0 Å². The predicted octanol–water partition coefficient (Wildman–Crippen LogP) is 7.84. The second-order valence-electron chi connectivity index (χ2n) is 11.8. The lowest BCUT2D eigenvalue weighted by Gasteiger charge is -2.47. The van der Waals surface area contributed by atoms with Gasteiger partial charge in [0.25, 0.3) is 0 Å². The van der Waals surface area contributed by atoms with E-state index in [2.05, 4.69) is 53.1 Å². The number of hydrogen-bond acceptors (Lipinski definition) is 7. The SMILES string of the molecule is CCOC(=O)[C@@H]1C[C@H](c2nc(-c3ccc(OC)cc3)cs2)[C@H](O[Si](C)(C)C(C)(C)C)[C@H](OC(CC)CC)C1. The third kappa shape index (κ3) is 7.26. The van der Waals surface area contributed by atoms with E-state index < -0.39 is 8.32 Å². The Bertz CT molecular complexity index is 1030. The Hall–Kier alpha value is -1.74. The lowest BCUT2D eigenvalue weighted by Crippen LogP contribution is -2.53. The van der Waals surface area contributed by atoms with Gasteiger partial charge in [0, 0.05) is 16.9 Å². The zero-order valence-electron chi connectivity index (χ0n) is 24.7. The number of benzene rings is 1. The second kappa shape index (κ2) is 13.1. The van der Waals surface area contributed by atoms with Gasteiger partial charge in [0.1, 0.15) is 5.75 Å². The van der Waals surface area contributed by atoms with Crippen molar-refractivity contribution in [1.82, 2.24) is 4.98 Å². The van der Waals surface area contributed by atoms with Crippen molar-refractivity contribution in [2.24, 2.45) is 5.92 Å². The van der Waals surface area contributed by atoms with Gasteiger partial charge in [-0.05, 0) is 75.0 Å². The average molecular weight is 562 g/mol. The van der Waals surface area contributed by atoms with Gasteiger partial charge >= 0.3 is 5.97 Å². The lowest BCUT2D eigenvalue weighted by molar-refractivity contribution is -0.158. The minimum Gasteiger partial charge on any atom is -0.497 e. The Morgan fingerprint density at radius 1 is 1.11 bits per heavy atom. The summed E-state index contributed by atoms with van der Waals surface area (Å²) >= 11 is 1.64. The summed E-state index contributed by atoms with van der Waals surface area (Å²) in [6.45, 7) is 17.9. The lowest BCUT2D eigenvalue weighted by atomic mass is 9.77. The van der Waals surface area contributed by atoms with Crippen LogP contribution in [-0.2, 0) is 18.7 Å². The Labute approximate surface area is 234 Å². The third-order valence-electron chi connectivity index (χ3n) is 8.18.